The van der Waals surface area contributed by atoms with E-state index in [-0.39, 0.29) is 11.7 Å². The van der Waals surface area contributed by atoms with E-state index < -0.39 is 0 Å². The van der Waals surface area contributed by atoms with Crippen LogP contribution < -0.4 is 25.4 Å². The molecule has 6 nitrogen and oxygen atoms in total. The van der Waals surface area contributed by atoms with Gasteiger partial charge in [0.1, 0.15) is 11.5 Å². The summed E-state index contributed by atoms with van der Waals surface area (Å²) in [6, 6.07) is 22.7. The van der Waals surface area contributed by atoms with Gasteiger partial charge in [-0.3, -0.25) is 4.79 Å². The van der Waals surface area contributed by atoms with Crippen molar-refractivity contribution in [2.75, 3.05) is 35.9 Å². The average Bonchev–Trinajstić information content (AvgIpc) is 2.78. The lowest BCUT2D eigenvalue weighted by Gasteiger charge is -2.12. The minimum absolute atomic E-state index is 0.142. The van der Waals surface area contributed by atoms with Crippen LogP contribution in [0.1, 0.15) is 0 Å². The highest BCUT2D eigenvalue weighted by atomic mass is 32.2. The molecule has 0 aliphatic carbocycles. The maximum Gasteiger partial charge on any atom is 0.234 e. The third-order valence-corrected chi connectivity index (χ3v) is 5.37. The first kappa shape index (κ1) is 22.5. The first-order chi connectivity index (χ1) is 15.1. The Labute approximate surface area is 191 Å². The van der Waals surface area contributed by atoms with Crippen molar-refractivity contribution in [2.24, 2.45) is 0 Å². The summed E-state index contributed by atoms with van der Waals surface area (Å²) in [6.45, 7) is 0. The molecule has 0 heterocycles. The largest absolute Gasteiger partial charge is 0.497 e. The number of amides is 1. The SMILES string of the molecule is COc1ccc(OC)c(NC(=O)CSc2cccc(NC(=S)Nc3ccccc3)c2)c1. The fourth-order valence-corrected chi connectivity index (χ4v) is 3.72. The summed E-state index contributed by atoms with van der Waals surface area (Å²) in [5.74, 6) is 1.32. The maximum atomic E-state index is 12.4. The fourth-order valence-electron chi connectivity index (χ4n) is 2.73. The lowest BCUT2D eigenvalue weighted by molar-refractivity contribution is -0.113. The van der Waals surface area contributed by atoms with Gasteiger partial charge in [0.15, 0.2) is 5.11 Å². The van der Waals surface area contributed by atoms with Gasteiger partial charge in [0, 0.05) is 22.3 Å². The second-order valence-corrected chi connectivity index (χ2v) is 7.83. The van der Waals surface area contributed by atoms with Crippen LogP contribution >= 0.6 is 24.0 Å². The number of methoxy groups -OCH3 is 2. The molecule has 8 heteroatoms. The van der Waals surface area contributed by atoms with Gasteiger partial charge in [-0.1, -0.05) is 24.3 Å². The number of hydrogen-bond acceptors (Lipinski definition) is 5. The Bertz CT molecular complexity index is 1050. The number of hydrogen-bond donors (Lipinski definition) is 3. The zero-order valence-electron chi connectivity index (χ0n) is 17.2. The minimum atomic E-state index is -0.142. The zero-order chi connectivity index (χ0) is 22.1. The zero-order valence-corrected chi connectivity index (χ0v) is 18.8. The first-order valence-corrected chi connectivity index (χ1v) is 10.8. The highest BCUT2D eigenvalue weighted by Crippen LogP contribution is 2.29. The number of carbonyl (C=O) groups is 1. The molecule has 31 heavy (non-hydrogen) atoms. The topological polar surface area (TPSA) is 71.6 Å². The highest BCUT2D eigenvalue weighted by molar-refractivity contribution is 8.00. The summed E-state index contributed by atoms with van der Waals surface area (Å²) in [5.41, 5.74) is 2.32. The van der Waals surface area contributed by atoms with Crippen LogP contribution in [0.15, 0.2) is 77.7 Å². The fraction of sp³-hybridized carbons (Fsp3) is 0.130. The number of para-hydroxylation sites is 1. The van der Waals surface area contributed by atoms with E-state index in [0.717, 1.165) is 16.3 Å². The molecule has 1 amide bonds. The van der Waals surface area contributed by atoms with Gasteiger partial charge in [-0.05, 0) is 54.7 Å². The predicted molar refractivity (Wildman–Crippen MR) is 132 cm³/mol. The summed E-state index contributed by atoms with van der Waals surface area (Å²) in [7, 11) is 3.13. The second kappa shape index (κ2) is 11.2. The van der Waals surface area contributed by atoms with Gasteiger partial charge in [0.2, 0.25) is 5.91 Å². The van der Waals surface area contributed by atoms with Crippen LogP contribution in [0, 0.1) is 0 Å². The van der Waals surface area contributed by atoms with Crippen LogP contribution in [-0.2, 0) is 4.79 Å². The molecule has 3 N–H and O–H groups in total. The second-order valence-electron chi connectivity index (χ2n) is 6.38. The molecule has 0 saturated heterocycles. The summed E-state index contributed by atoms with van der Waals surface area (Å²) in [6.07, 6.45) is 0. The molecule has 0 aliphatic heterocycles. The number of carbonyl (C=O) groups excluding carboxylic acids is 1. The van der Waals surface area contributed by atoms with Gasteiger partial charge in [0.25, 0.3) is 0 Å². The molecule has 0 aliphatic rings. The number of benzene rings is 3. The van der Waals surface area contributed by atoms with Crippen LogP contribution in [-0.4, -0.2) is 31.0 Å². The van der Waals surface area contributed by atoms with Crippen molar-refractivity contribution in [1.29, 1.82) is 0 Å². The van der Waals surface area contributed by atoms with E-state index >= 15 is 0 Å². The Kier molecular flexibility index (Phi) is 8.14. The summed E-state index contributed by atoms with van der Waals surface area (Å²) >= 11 is 6.80. The quantitative estimate of drug-likeness (QED) is 0.318. The molecule has 0 unspecified atom stereocenters. The Morgan fingerprint density at radius 1 is 0.871 bits per heavy atom. The van der Waals surface area contributed by atoms with Crippen molar-refractivity contribution in [3.8, 4) is 11.5 Å². The van der Waals surface area contributed by atoms with E-state index in [1.165, 1.54) is 11.8 Å². The average molecular weight is 454 g/mol. The van der Waals surface area contributed by atoms with E-state index in [2.05, 4.69) is 16.0 Å². The Hall–Kier alpha value is -3.23. The Balaban J connectivity index is 1.55. The number of thioether (sulfide) groups is 1. The summed E-state index contributed by atoms with van der Waals surface area (Å²) < 4.78 is 10.5. The highest BCUT2D eigenvalue weighted by Gasteiger charge is 2.10. The molecule has 3 aromatic carbocycles. The summed E-state index contributed by atoms with van der Waals surface area (Å²) in [5, 5.41) is 9.66. The third kappa shape index (κ3) is 6.91. The van der Waals surface area contributed by atoms with Crippen molar-refractivity contribution in [2.45, 2.75) is 4.90 Å². The molecule has 0 fully saturated rings. The number of nitrogens with one attached hydrogen (secondary N) is 3. The van der Waals surface area contributed by atoms with Crippen molar-refractivity contribution >= 4 is 52.1 Å². The Morgan fingerprint density at radius 2 is 1.61 bits per heavy atom. The van der Waals surface area contributed by atoms with Crippen molar-refractivity contribution in [3.05, 3.63) is 72.8 Å². The van der Waals surface area contributed by atoms with Crippen LogP contribution in [0.2, 0.25) is 0 Å². The molecule has 160 valence electrons. The Morgan fingerprint density at radius 3 is 2.35 bits per heavy atom. The molecular formula is C23H23N3O3S2. The molecule has 0 radical (unpaired) electrons. The first-order valence-electron chi connectivity index (χ1n) is 9.45. The molecule has 0 spiro atoms. The van der Waals surface area contributed by atoms with Gasteiger partial charge in [0.05, 0.1) is 25.7 Å². The molecular weight excluding hydrogens is 430 g/mol. The van der Waals surface area contributed by atoms with Crippen LogP contribution in [0.25, 0.3) is 0 Å². The molecule has 0 aromatic heterocycles. The molecule has 0 saturated carbocycles. The van der Waals surface area contributed by atoms with Crippen LogP contribution in [0.4, 0.5) is 17.1 Å². The van der Waals surface area contributed by atoms with E-state index in [4.69, 9.17) is 21.7 Å². The van der Waals surface area contributed by atoms with Gasteiger partial charge >= 0.3 is 0 Å². The van der Waals surface area contributed by atoms with E-state index in [1.54, 1.807) is 32.4 Å². The minimum Gasteiger partial charge on any atom is -0.497 e. The van der Waals surface area contributed by atoms with Crippen LogP contribution in [0.3, 0.4) is 0 Å². The lowest BCUT2D eigenvalue weighted by atomic mass is 10.2. The normalized spacial score (nSPS) is 10.1. The van der Waals surface area contributed by atoms with E-state index in [1.807, 2.05) is 54.6 Å². The number of ether oxygens (including phenoxy) is 2. The van der Waals surface area contributed by atoms with Crippen LogP contribution in [0.5, 0.6) is 11.5 Å². The van der Waals surface area contributed by atoms with Crippen molar-refractivity contribution in [3.63, 3.8) is 0 Å². The number of anilines is 3. The predicted octanol–water partition coefficient (Wildman–Crippen LogP) is 5.24. The molecule has 0 atom stereocenters. The van der Waals surface area contributed by atoms with Gasteiger partial charge in [-0.2, -0.15) is 0 Å². The van der Waals surface area contributed by atoms with Gasteiger partial charge in [-0.25, -0.2) is 0 Å². The summed E-state index contributed by atoms with van der Waals surface area (Å²) in [4.78, 5) is 13.4. The van der Waals surface area contributed by atoms with Gasteiger partial charge < -0.3 is 25.4 Å². The smallest absolute Gasteiger partial charge is 0.234 e. The monoisotopic (exact) mass is 453 g/mol. The maximum absolute atomic E-state index is 12.4. The number of thiocarbonyl (C=S) groups is 1. The molecule has 3 rings (SSSR count). The van der Waals surface area contributed by atoms with Crippen molar-refractivity contribution < 1.29 is 14.3 Å². The van der Waals surface area contributed by atoms with E-state index in [0.29, 0.717) is 22.3 Å². The van der Waals surface area contributed by atoms with Crippen molar-refractivity contribution in [1.82, 2.24) is 0 Å². The van der Waals surface area contributed by atoms with E-state index in [9.17, 15) is 4.79 Å². The molecule has 3 aromatic rings. The number of rotatable bonds is 8. The molecule has 0 bridgehead atoms. The lowest BCUT2D eigenvalue weighted by Crippen LogP contribution is -2.19. The standard InChI is InChI=1S/C23H23N3O3S2/c1-28-18-11-12-21(29-2)20(14-18)26-22(27)15-31-19-10-6-9-17(13-19)25-23(30)24-16-7-4-3-5-8-16/h3-14H,15H2,1-2H3,(H,26,27)(H2,24,25,30). The third-order valence-electron chi connectivity index (χ3n) is 4.17. The van der Waals surface area contributed by atoms with Gasteiger partial charge in [-0.15, -0.1) is 11.8 Å².